The van der Waals surface area contributed by atoms with Crippen LogP contribution in [0.5, 0.6) is 0 Å². The third kappa shape index (κ3) is 21.9. The van der Waals surface area contributed by atoms with E-state index >= 15 is 0 Å². The van der Waals surface area contributed by atoms with Gasteiger partial charge in [-0.3, -0.25) is 53.0 Å². The molecule has 10 N–H and O–H groups in total. The second kappa shape index (κ2) is 37.4. The second-order valence-electron chi connectivity index (χ2n) is 26.1. The Morgan fingerprint density at radius 3 is 1.94 bits per heavy atom. The predicted octanol–water partition coefficient (Wildman–Crippen LogP) is 3.74. The number of methoxy groups -OCH3 is 2. The highest BCUT2D eigenvalue weighted by molar-refractivity contribution is 6.04. The highest BCUT2D eigenvalue weighted by Gasteiger charge is 2.45. The maximum Gasteiger partial charge on any atom is 0.410 e. The normalized spacial score (nSPS) is 18.4. The van der Waals surface area contributed by atoms with Crippen LogP contribution in [0.2, 0.25) is 0 Å². The topological polar surface area (TPSA) is 367 Å². The van der Waals surface area contributed by atoms with E-state index in [-0.39, 0.29) is 81.4 Å². The molecule has 27 heteroatoms. The van der Waals surface area contributed by atoms with Gasteiger partial charge in [0.15, 0.2) is 6.10 Å². The summed E-state index contributed by atoms with van der Waals surface area (Å²) in [4.78, 5) is 154. The third-order valence-corrected chi connectivity index (χ3v) is 17.8. The Morgan fingerprint density at radius 2 is 1.38 bits per heavy atom. The molecule has 2 aliphatic heterocycles. The molecule has 0 bridgehead atoms. The SMILES string of the molecule is CC[C@H](C)C([C@@H](CC(=O)N1CCCC1[C@H](OC)[C@H](O)C(=O)N[C@H](C)[C@@H](O)c1ccccc1)OC)N(C)C(=O)C(NC(=O)C(C(C)C)N(C)C(=O)OCc1ccc(NC(=O)[C@H](CCCNC(N)=O)NC(=O)C(NC(=O)CCN2C(=O)CC(C(C)C)C2=O)C(C)C)cc1)C(C)C. The molecule has 12 amide bonds. The van der Waals surface area contributed by atoms with E-state index in [0.717, 1.165) is 9.80 Å². The van der Waals surface area contributed by atoms with Crippen molar-refractivity contribution in [2.24, 2.45) is 41.2 Å². The van der Waals surface area contributed by atoms with Crippen molar-refractivity contribution in [1.82, 2.24) is 46.2 Å². The van der Waals surface area contributed by atoms with Crippen LogP contribution in [-0.2, 0) is 64.0 Å². The summed E-state index contributed by atoms with van der Waals surface area (Å²) in [5, 5.41) is 38.5. The molecule has 524 valence electrons. The highest BCUT2D eigenvalue weighted by Crippen LogP contribution is 2.30. The molecule has 0 aromatic heterocycles. The first-order valence-electron chi connectivity index (χ1n) is 32.7. The minimum absolute atomic E-state index is 0.0495. The molecule has 6 unspecified atom stereocenters. The first-order chi connectivity index (χ1) is 44.3. The molecule has 94 heavy (non-hydrogen) atoms. The van der Waals surface area contributed by atoms with Gasteiger partial charge in [0.25, 0.3) is 5.91 Å². The smallest absolute Gasteiger partial charge is 0.410 e. The van der Waals surface area contributed by atoms with Gasteiger partial charge in [-0.15, -0.1) is 0 Å². The second-order valence-corrected chi connectivity index (χ2v) is 26.1. The fraction of sp³-hybridized carbons (Fsp3) is 0.657. The summed E-state index contributed by atoms with van der Waals surface area (Å²) in [6.45, 7) is 19.7. The molecule has 27 nitrogen and oxygen atoms in total. The monoisotopic (exact) mass is 1320 g/mol. The summed E-state index contributed by atoms with van der Waals surface area (Å²) in [6, 6.07) is 7.71. The molecule has 2 aromatic carbocycles. The van der Waals surface area contributed by atoms with Crippen molar-refractivity contribution in [3.8, 4) is 0 Å². The zero-order valence-corrected chi connectivity index (χ0v) is 57.5. The largest absolute Gasteiger partial charge is 0.445 e. The molecular weight excluding hydrogens is 1210 g/mol. The van der Waals surface area contributed by atoms with E-state index in [1.165, 1.54) is 26.2 Å². The number of nitrogens with one attached hydrogen (secondary N) is 6. The van der Waals surface area contributed by atoms with E-state index in [9.17, 15) is 63.0 Å². The van der Waals surface area contributed by atoms with Crippen LogP contribution >= 0.6 is 0 Å². The Hall–Kier alpha value is -7.75. The number of urea groups is 1. The van der Waals surface area contributed by atoms with Crippen molar-refractivity contribution >= 4 is 71.0 Å². The van der Waals surface area contributed by atoms with Gasteiger partial charge in [-0.25, -0.2) is 9.59 Å². The Morgan fingerprint density at radius 1 is 0.745 bits per heavy atom. The molecule has 2 aromatic rings. The van der Waals surface area contributed by atoms with Crippen LogP contribution in [0.1, 0.15) is 145 Å². The van der Waals surface area contributed by atoms with Gasteiger partial charge in [0.1, 0.15) is 36.9 Å². The van der Waals surface area contributed by atoms with Crippen molar-refractivity contribution < 1.29 is 77.2 Å². The lowest BCUT2D eigenvalue weighted by Crippen LogP contribution is -2.60. The Bertz CT molecular complexity index is 2880. The van der Waals surface area contributed by atoms with Gasteiger partial charge < -0.3 is 71.9 Å². The van der Waals surface area contributed by atoms with Crippen LogP contribution in [-0.4, -0.2) is 204 Å². The Labute approximate surface area is 553 Å². The van der Waals surface area contributed by atoms with Crippen LogP contribution in [0.25, 0.3) is 0 Å². The molecule has 0 radical (unpaired) electrons. The number of primary amides is 1. The molecule has 13 atom stereocenters. The van der Waals surface area contributed by atoms with Gasteiger partial charge in [0.05, 0.1) is 36.8 Å². The van der Waals surface area contributed by atoms with Crippen molar-refractivity contribution in [2.45, 2.75) is 201 Å². The van der Waals surface area contributed by atoms with Crippen molar-refractivity contribution in [3.05, 3.63) is 65.7 Å². The number of nitrogens with zero attached hydrogens (tertiary/aromatic N) is 4. The fourth-order valence-corrected chi connectivity index (χ4v) is 12.1. The van der Waals surface area contributed by atoms with E-state index < -0.39 is 138 Å². The summed E-state index contributed by atoms with van der Waals surface area (Å²) >= 11 is 0. The Balaban J connectivity index is 1.39. The molecule has 0 saturated carbocycles. The number of hydrogen-bond acceptors (Lipinski definition) is 16. The van der Waals surface area contributed by atoms with E-state index in [2.05, 4.69) is 31.9 Å². The van der Waals surface area contributed by atoms with Crippen LogP contribution < -0.4 is 37.6 Å². The number of carbonyl (C=O) groups is 11. The van der Waals surface area contributed by atoms with Crippen molar-refractivity contribution in [2.75, 3.05) is 53.3 Å². The van der Waals surface area contributed by atoms with E-state index in [4.69, 9.17) is 19.9 Å². The predicted molar refractivity (Wildman–Crippen MR) is 350 cm³/mol. The zero-order chi connectivity index (χ0) is 70.4. The number of likely N-dealkylation sites (tertiary alicyclic amines) is 2. The quantitative estimate of drug-likeness (QED) is 0.0347. The van der Waals surface area contributed by atoms with E-state index in [0.29, 0.717) is 42.6 Å². The van der Waals surface area contributed by atoms with Gasteiger partial charge in [-0.2, -0.15) is 0 Å². The Kier molecular flexibility index (Phi) is 31.3. The van der Waals surface area contributed by atoms with E-state index in [1.807, 2.05) is 27.7 Å². The standard InChI is InChI=1S/C67H105N11O16/c1-16-41(10)56(49(92-14)35-52(81)77-32-21-25-48(77)59(93-15)58(83)63(87)70-42(11)57(82)44-22-18-17-19-23-44)75(12)65(89)54(39(6)7)74-62(86)55(40(8)9)76(13)67(91)94-36-43-26-28-45(29-27-43)71-60(84)47(24-20-31-69-66(68)90)72-61(85)53(38(4)5)73-50(79)30-33-78-51(80)34-46(37(2)3)64(78)88/h17-19,22-23,26-29,37-42,46-49,53-59,82-83H,16,20-21,24-25,30-36H2,1-15H3,(H,70,87)(H,71,84)(H,72,85)(H,73,79)(H,74,86)(H3,68,69,90)/t41-,42+,46?,47-,48?,49+,53?,54?,55?,56?,57+,58-,59-/m0/s1. The number of aliphatic hydroxyl groups is 2. The highest BCUT2D eigenvalue weighted by atomic mass is 16.6. The lowest BCUT2D eigenvalue weighted by atomic mass is 9.89. The maximum atomic E-state index is 14.8. The van der Waals surface area contributed by atoms with Gasteiger partial charge >= 0.3 is 12.1 Å². The zero-order valence-electron chi connectivity index (χ0n) is 57.5. The van der Waals surface area contributed by atoms with Gasteiger partial charge in [0.2, 0.25) is 47.3 Å². The number of amides is 12. The average Bonchev–Trinajstić information content (AvgIpc) is 1.30. The first kappa shape index (κ1) is 78.7. The molecule has 0 spiro atoms. The number of nitrogens with two attached hydrogens (primary N) is 1. The van der Waals surface area contributed by atoms with Gasteiger partial charge in [-0.05, 0) is 85.5 Å². The van der Waals surface area contributed by atoms with Gasteiger partial charge in [-0.1, -0.05) is 118 Å². The van der Waals surface area contributed by atoms with Crippen LogP contribution in [0.3, 0.4) is 0 Å². The van der Waals surface area contributed by atoms with Crippen LogP contribution in [0.4, 0.5) is 15.3 Å². The van der Waals surface area contributed by atoms with E-state index in [1.54, 1.807) is 115 Å². The summed E-state index contributed by atoms with van der Waals surface area (Å²) in [5.74, 6) is -6.86. The number of aliphatic hydroxyl groups excluding tert-OH is 2. The number of rotatable bonds is 36. The van der Waals surface area contributed by atoms with Crippen molar-refractivity contribution in [1.29, 1.82) is 0 Å². The fourth-order valence-electron chi connectivity index (χ4n) is 12.1. The summed E-state index contributed by atoms with van der Waals surface area (Å²) in [5.41, 5.74) is 6.64. The number of anilines is 1. The number of ether oxygens (including phenoxy) is 3. The molecular formula is C67H105N11O16. The number of likely N-dealkylation sites (N-methyl/N-ethyl adjacent to an activating group) is 2. The third-order valence-electron chi connectivity index (χ3n) is 17.8. The molecule has 2 aliphatic rings. The number of imide groups is 1. The minimum Gasteiger partial charge on any atom is -0.445 e. The lowest BCUT2D eigenvalue weighted by Gasteiger charge is -2.41. The molecule has 0 aliphatic carbocycles. The number of benzene rings is 2. The van der Waals surface area contributed by atoms with Crippen LogP contribution in [0, 0.1) is 35.5 Å². The molecule has 2 saturated heterocycles. The minimum atomic E-state index is -1.69. The summed E-state index contributed by atoms with van der Waals surface area (Å²) in [7, 11) is 5.82. The molecule has 2 heterocycles. The van der Waals surface area contributed by atoms with Crippen LogP contribution in [0.15, 0.2) is 54.6 Å². The maximum absolute atomic E-state index is 14.8. The van der Waals surface area contributed by atoms with Gasteiger partial charge in [0, 0.05) is 72.4 Å². The first-order valence-corrected chi connectivity index (χ1v) is 32.7. The summed E-state index contributed by atoms with van der Waals surface area (Å²) < 4.78 is 17.4. The number of hydrogen-bond donors (Lipinski definition) is 9. The average molecular weight is 1320 g/mol. The summed E-state index contributed by atoms with van der Waals surface area (Å²) in [6.07, 6.45) is -4.03. The molecule has 2 fully saturated rings. The molecule has 4 rings (SSSR count). The number of carbonyl (C=O) groups excluding carboxylic acids is 11. The van der Waals surface area contributed by atoms with Crippen molar-refractivity contribution in [3.63, 3.8) is 0 Å². The lowest BCUT2D eigenvalue weighted by molar-refractivity contribution is -0.150.